The molecule has 0 spiro atoms. The van der Waals surface area contributed by atoms with Crippen LogP contribution in [0.4, 0.5) is 0 Å². The fourth-order valence-electron chi connectivity index (χ4n) is 7.73. The predicted molar refractivity (Wildman–Crippen MR) is 194 cm³/mol. The first-order valence-electron chi connectivity index (χ1n) is 15.9. The molecule has 0 saturated carbocycles. The third-order valence-corrected chi connectivity index (χ3v) is 9.66. The summed E-state index contributed by atoms with van der Waals surface area (Å²) < 4.78 is 7.36. The van der Waals surface area contributed by atoms with Crippen LogP contribution in [0, 0.1) is 6.92 Å². The molecule has 216 valence electrons. The van der Waals surface area contributed by atoms with Crippen molar-refractivity contribution in [1.29, 1.82) is 0 Å². The van der Waals surface area contributed by atoms with Crippen LogP contribution in [-0.2, 0) is 0 Å². The van der Waals surface area contributed by atoms with Crippen LogP contribution in [0.2, 0.25) is 0 Å². The summed E-state index contributed by atoms with van der Waals surface area (Å²) in [6, 6.07) is 57.6. The number of para-hydroxylation sites is 4. The van der Waals surface area contributed by atoms with Gasteiger partial charge in [-0.15, -0.1) is 0 Å². The van der Waals surface area contributed by atoms with Gasteiger partial charge in [0.2, 0.25) is 0 Å². The van der Waals surface area contributed by atoms with Crippen molar-refractivity contribution in [2.75, 3.05) is 0 Å². The second kappa shape index (κ2) is 9.47. The summed E-state index contributed by atoms with van der Waals surface area (Å²) in [7, 11) is 0. The average molecular weight is 588 g/mol. The summed E-state index contributed by atoms with van der Waals surface area (Å²) in [6.07, 6.45) is 0. The second-order valence-electron chi connectivity index (χ2n) is 12.3. The van der Waals surface area contributed by atoms with Crippen molar-refractivity contribution >= 4 is 65.4 Å². The Labute approximate surface area is 265 Å². The Balaban J connectivity index is 1.39. The molecule has 0 bridgehead atoms. The van der Waals surface area contributed by atoms with Gasteiger partial charge in [-0.1, -0.05) is 103 Å². The van der Waals surface area contributed by atoms with Crippen molar-refractivity contribution in [2.45, 2.75) is 6.92 Å². The van der Waals surface area contributed by atoms with Gasteiger partial charge in [0.15, 0.2) is 0 Å². The molecule has 0 aliphatic carbocycles. The molecule has 0 fully saturated rings. The Morgan fingerprint density at radius 3 is 1.35 bits per heavy atom. The summed E-state index contributed by atoms with van der Waals surface area (Å²) in [5.74, 6) is 0. The summed E-state index contributed by atoms with van der Waals surface area (Å²) >= 11 is 0. The van der Waals surface area contributed by atoms with Crippen molar-refractivity contribution in [3.63, 3.8) is 0 Å². The van der Waals surface area contributed by atoms with Gasteiger partial charge >= 0.3 is 0 Å². The minimum absolute atomic E-state index is 1.15. The van der Waals surface area contributed by atoms with E-state index in [4.69, 9.17) is 0 Å². The highest BCUT2D eigenvalue weighted by Crippen LogP contribution is 2.42. The molecule has 7 aromatic carbocycles. The Bertz CT molecular complexity index is 2790. The molecular weight excluding hydrogens is 558 g/mol. The van der Waals surface area contributed by atoms with Gasteiger partial charge in [-0.3, -0.25) is 0 Å². The number of hydrogen-bond donors (Lipinski definition) is 0. The quantitative estimate of drug-likeness (QED) is 0.195. The maximum Gasteiger partial charge on any atom is 0.0788 e. The van der Waals surface area contributed by atoms with Gasteiger partial charge in [0.1, 0.15) is 0 Å². The molecule has 0 atom stereocenters. The Morgan fingerprint density at radius 2 is 0.739 bits per heavy atom. The third-order valence-electron chi connectivity index (χ3n) is 9.66. The van der Waals surface area contributed by atoms with Gasteiger partial charge in [-0.2, -0.15) is 0 Å². The predicted octanol–water partition coefficient (Wildman–Crippen LogP) is 11.3. The van der Waals surface area contributed by atoms with E-state index in [0.717, 1.165) is 11.4 Å². The maximum absolute atomic E-state index is 2.49. The van der Waals surface area contributed by atoms with Crippen molar-refractivity contribution in [3.05, 3.63) is 163 Å². The minimum atomic E-state index is 1.15. The van der Waals surface area contributed by atoms with E-state index in [-0.39, 0.29) is 0 Å². The molecule has 3 aromatic heterocycles. The van der Waals surface area contributed by atoms with E-state index in [1.54, 1.807) is 0 Å². The lowest BCUT2D eigenvalue weighted by molar-refractivity contribution is 1.14. The fourth-order valence-corrected chi connectivity index (χ4v) is 7.73. The van der Waals surface area contributed by atoms with Crippen LogP contribution in [0.25, 0.3) is 82.5 Å². The molecule has 0 aliphatic rings. The Hall–Kier alpha value is -6.06. The largest absolute Gasteiger partial charge is 0.309 e. The smallest absolute Gasteiger partial charge is 0.0788 e. The number of hydrogen-bond acceptors (Lipinski definition) is 0. The second-order valence-corrected chi connectivity index (χ2v) is 12.3. The van der Waals surface area contributed by atoms with E-state index in [1.807, 2.05) is 0 Å². The molecular formula is C43H29N3. The first-order chi connectivity index (χ1) is 22.8. The summed E-state index contributed by atoms with van der Waals surface area (Å²) in [6.45, 7) is 2.17. The number of aryl methyl sites for hydroxylation is 1. The number of aromatic nitrogens is 3. The number of rotatable bonds is 3. The van der Waals surface area contributed by atoms with Crippen molar-refractivity contribution in [3.8, 4) is 17.1 Å². The van der Waals surface area contributed by atoms with Crippen LogP contribution in [-0.4, -0.2) is 13.7 Å². The monoisotopic (exact) mass is 587 g/mol. The molecule has 3 nitrogen and oxygen atoms in total. The van der Waals surface area contributed by atoms with E-state index >= 15 is 0 Å². The zero-order chi connectivity index (χ0) is 30.4. The lowest BCUT2D eigenvalue weighted by Gasteiger charge is -2.13. The van der Waals surface area contributed by atoms with Gasteiger partial charge in [0.05, 0.1) is 33.1 Å². The molecule has 3 heterocycles. The van der Waals surface area contributed by atoms with Crippen LogP contribution in [0.5, 0.6) is 0 Å². The van der Waals surface area contributed by atoms with E-state index in [0.29, 0.717) is 0 Å². The van der Waals surface area contributed by atoms with Crippen LogP contribution >= 0.6 is 0 Å². The molecule has 0 aliphatic heterocycles. The van der Waals surface area contributed by atoms with E-state index in [9.17, 15) is 0 Å². The molecule has 0 radical (unpaired) electrons. The normalized spacial score (nSPS) is 12.0. The first-order valence-corrected chi connectivity index (χ1v) is 15.9. The van der Waals surface area contributed by atoms with Gasteiger partial charge in [-0.25, -0.2) is 0 Å². The first kappa shape index (κ1) is 25.3. The third kappa shape index (κ3) is 3.43. The lowest BCUT2D eigenvalue weighted by atomic mass is 10.1. The summed E-state index contributed by atoms with van der Waals surface area (Å²) in [4.78, 5) is 0. The summed E-state index contributed by atoms with van der Waals surface area (Å²) in [5.41, 5.74) is 12.0. The molecule has 10 rings (SSSR count). The number of nitrogens with zero attached hydrogens (tertiary/aromatic N) is 3. The fraction of sp³-hybridized carbons (Fsp3) is 0.0233. The zero-order valence-electron chi connectivity index (χ0n) is 25.4. The van der Waals surface area contributed by atoms with E-state index in [2.05, 4.69) is 178 Å². The number of benzene rings is 7. The Morgan fingerprint density at radius 1 is 0.304 bits per heavy atom. The highest BCUT2D eigenvalue weighted by Gasteiger charge is 2.22. The topological polar surface area (TPSA) is 14.8 Å². The van der Waals surface area contributed by atoms with E-state index < -0.39 is 0 Å². The lowest BCUT2D eigenvalue weighted by Crippen LogP contribution is -1.99. The molecule has 0 unspecified atom stereocenters. The zero-order valence-corrected chi connectivity index (χ0v) is 25.4. The van der Waals surface area contributed by atoms with Crippen LogP contribution in [0.1, 0.15) is 5.56 Å². The van der Waals surface area contributed by atoms with Crippen molar-refractivity contribution in [2.24, 2.45) is 0 Å². The molecule has 10 aromatic rings. The van der Waals surface area contributed by atoms with Gasteiger partial charge < -0.3 is 13.7 Å². The molecule has 3 heteroatoms. The van der Waals surface area contributed by atoms with Gasteiger partial charge in [0.25, 0.3) is 0 Å². The van der Waals surface area contributed by atoms with Crippen molar-refractivity contribution in [1.82, 2.24) is 13.7 Å². The van der Waals surface area contributed by atoms with Gasteiger partial charge in [-0.05, 0) is 67.1 Å². The highest BCUT2D eigenvalue weighted by atomic mass is 15.1. The number of fused-ring (bicyclic) bond motifs is 10. The Kier molecular flexibility index (Phi) is 5.20. The highest BCUT2D eigenvalue weighted by molar-refractivity contribution is 6.24. The summed E-state index contributed by atoms with van der Waals surface area (Å²) in [5, 5.41) is 7.55. The average Bonchev–Trinajstić information content (AvgIpc) is 3.74. The molecule has 46 heavy (non-hydrogen) atoms. The minimum Gasteiger partial charge on any atom is -0.309 e. The standard InChI is InChI=1S/C43H29N3/c1-28-20-22-34-35-23-21-31(27-41(35)44(40(34)26-28)29-12-4-2-5-13-29)46-39-19-11-9-17-33(39)37-25-24-36-32-16-8-10-18-38(32)45(42(36)43(37)46)30-14-6-3-7-15-30/h2-27H,1H3. The molecule has 0 saturated heterocycles. The van der Waals surface area contributed by atoms with Crippen molar-refractivity contribution < 1.29 is 0 Å². The molecule has 0 amide bonds. The van der Waals surface area contributed by atoms with E-state index in [1.165, 1.54) is 76.7 Å². The van der Waals surface area contributed by atoms with Crippen LogP contribution in [0.15, 0.2) is 158 Å². The molecule has 0 N–H and O–H groups in total. The SMILES string of the molecule is Cc1ccc2c3ccc(-n4c5ccccc5c5ccc6c7ccccc7n(-c7ccccc7)c6c54)cc3n(-c3ccccc3)c2c1. The maximum atomic E-state index is 2.49. The van der Waals surface area contributed by atoms with Crippen LogP contribution in [0.3, 0.4) is 0 Å². The van der Waals surface area contributed by atoms with Crippen LogP contribution < -0.4 is 0 Å². The van der Waals surface area contributed by atoms with Gasteiger partial charge in [0, 0.05) is 49.4 Å².